The van der Waals surface area contributed by atoms with Crippen LogP contribution in [0.4, 0.5) is 5.69 Å². The first-order valence-electron chi connectivity index (χ1n) is 7.21. The molecule has 2 rings (SSSR count). The van der Waals surface area contributed by atoms with E-state index in [1.54, 1.807) is 16.8 Å². The lowest BCUT2D eigenvalue weighted by molar-refractivity contribution is -0.122. The first-order valence-corrected chi connectivity index (χ1v) is 7.21. The minimum atomic E-state index is -0.00754. The molecular weight excluding hydrogens is 270 g/mol. The Morgan fingerprint density at radius 3 is 2.48 bits per heavy atom. The van der Waals surface area contributed by atoms with Crippen molar-refractivity contribution >= 4 is 17.5 Å². The number of nitrogens with two attached hydrogens (primary N) is 1. The van der Waals surface area contributed by atoms with Gasteiger partial charge in [-0.15, -0.1) is 0 Å². The van der Waals surface area contributed by atoms with Crippen LogP contribution in [0.15, 0.2) is 12.3 Å². The number of anilines is 1. The van der Waals surface area contributed by atoms with Crippen LogP contribution in [0.5, 0.6) is 0 Å². The molecular formula is C14H23N5O2. The molecule has 21 heavy (non-hydrogen) atoms. The number of rotatable bonds is 4. The van der Waals surface area contributed by atoms with Crippen LogP contribution in [0.1, 0.15) is 17.4 Å². The number of aromatic nitrogens is 1. The van der Waals surface area contributed by atoms with Gasteiger partial charge in [-0.1, -0.05) is 0 Å². The Balaban J connectivity index is 1.87. The zero-order valence-electron chi connectivity index (χ0n) is 12.6. The number of carbonyl (C=O) groups excluding carboxylic acids is 2. The zero-order chi connectivity index (χ0) is 15.4. The van der Waals surface area contributed by atoms with Gasteiger partial charge in [-0.25, -0.2) is 0 Å². The molecule has 1 aromatic rings. The highest BCUT2D eigenvalue weighted by atomic mass is 16.2. The summed E-state index contributed by atoms with van der Waals surface area (Å²) in [5.74, 6) is 0.0272. The normalized spacial score (nSPS) is 16.0. The van der Waals surface area contributed by atoms with Gasteiger partial charge in [0.2, 0.25) is 5.91 Å². The Morgan fingerprint density at radius 1 is 1.29 bits per heavy atom. The number of piperazine rings is 1. The van der Waals surface area contributed by atoms with E-state index in [-0.39, 0.29) is 11.8 Å². The first kappa shape index (κ1) is 15.4. The van der Waals surface area contributed by atoms with Crippen LogP contribution < -0.4 is 11.1 Å². The van der Waals surface area contributed by atoms with Crippen LogP contribution in [-0.2, 0) is 11.8 Å². The van der Waals surface area contributed by atoms with E-state index >= 15 is 0 Å². The van der Waals surface area contributed by atoms with E-state index in [9.17, 15) is 9.59 Å². The molecule has 1 aliphatic rings. The van der Waals surface area contributed by atoms with Gasteiger partial charge >= 0.3 is 0 Å². The third-order valence-corrected chi connectivity index (χ3v) is 3.65. The molecule has 0 saturated carbocycles. The average Bonchev–Trinajstić information content (AvgIpc) is 2.78. The quantitative estimate of drug-likeness (QED) is 0.784. The van der Waals surface area contributed by atoms with E-state index in [0.717, 1.165) is 0 Å². The third-order valence-electron chi connectivity index (χ3n) is 3.65. The van der Waals surface area contributed by atoms with E-state index in [1.807, 2.05) is 18.9 Å². The fourth-order valence-corrected chi connectivity index (χ4v) is 2.53. The largest absolute Gasteiger partial charge is 0.397 e. The number of aryl methyl sites for hydroxylation is 1. The fourth-order valence-electron chi connectivity index (χ4n) is 2.53. The molecule has 3 N–H and O–H groups in total. The maximum absolute atomic E-state index is 12.4. The highest BCUT2D eigenvalue weighted by molar-refractivity contribution is 5.94. The number of nitrogens with zero attached hydrogens (tertiary/aromatic N) is 3. The van der Waals surface area contributed by atoms with Crippen molar-refractivity contribution in [3.63, 3.8) is 0 Å². The summed E-state index contributed by atoms with van der Waals surface area (Å²) < 4.78 is 1.75. The highest BCUT2D eigenvalue weighted by Gasteiger charge is 2.24. The molecule has 1 saturated heterocycles. The van der Waals surface area contributed by atoms with Crippen molar-refractivity contribution < 1.29 is 9.59 Å². The van der Waals surface area contributed by atoms with Crippen LogP contribution in [0.3, 0.4) is 0 Å². The van der Waals surface area contributed by atoms with Crippen LogP contribution in [-0.4, -0.2) is 65.4 Å². The van der Waals surface area contributed by atoms with Crippen molar-refractivity contribution in [2.24, 2.45) is 7.05 Å². The molecule has 0 radical (unpaired) electrons. The lowest BCUT2D eigenvalue weighted by Gasteiger charge is -2.34. The van der Waals surface area contributed by atoms with Crippen LogP contribution in [0, 0.1) is 0 Å². The summed E-state index contributed by atoms with van der Waals surface area (Å²) in [5.41, 5.74) is 6.90. The summed E-state index contributed by atoms with van der Waals surface area (Å²) in [6, 6.07) is 1.70. The van der Waals surface area contributed by atoms with Crippen LogP contribution in [0.2, 0.25) is 0 Å². The first-order chi connectivity index (χ1) is 10.0. The molecule has 0 atom stereocenters. The predicted molar refractivity (Wildman–Crippen MR) is 80.9 cm³/mol. The Bertz CT molecular complexity index is 517. The van der Waals surface area contributed by atoms with Crippen LogP contribution >= 0.6 is 0 Å². The van der Waals surface area contributed by atoms with Gasteiger partial charge in [-0.05, 0) is 13.0 Å². The van der Waals surface area contributed by atoms with Gasteiger partial charge < -0.3 is 20.5 Å². The van der Waals surface area contributed by atoms with E-state index in [0.29, 0.717) is 50.6 Å². The molecule has 1 aromatic heterocycles. The molecule has 0 aromatic carbocycles. The van der Waals surface area contributed by atoms with Crippen LogP contribution in [0.25, 0.3) is 0 Å². The van der Waals surface area contributed by atoms with Crippen molar-refractivity contribution in [1.82, 2.24) is 19.7 Å². The summed E-state index contributed by atoms with van der Waals surface area (Å²) in [7, 11) is 1.81. The summed E-state index contributed by atoms with van der Waals surface area (Å²) in [6.07, 6.45) is 1.73. The maximum atomic E-state index is 12.4. The van der Waals surface area contributed by atoms with Gasteiger partial charge in [-0.3, -0.25) is 14.5 Å². The molecule has 7 nitrogen and oxygen atoms in total. The number of hydrogen-bond donors (Lipinski definition) is 2. The number of carbonyl (C=O) groups is 2. The molecule has 116 valence electrons. The molecule has 7 heteroatoms. The second-order valence-corrected chi connectivity index (χ2v) is 5.29. The van der Waals surface area contributed by atoms with Gasteiger partial charge in [0.25, 0.3) is 5.91 Å². The predicted octanol–water partition coefficient (Wildman–Crippen LogP) is -0.499. The Kier molecular flexibility index (Phi) is 4.85. The summed E-state index contributed by atoms with van der Waals surface area (Å²) in [4.78, 5) is 27.8. The minimum absolute atomic E-state index is 0.00754. The molecule has 1 fully saturated rings. The minimum Gasteiger partial charge on any atom is -0.397 e. The fraction of sp³-hybridized carbons (Fsp3) is 0.571. The molecule has 0 unspecified atom stereocenters. The summed E-state index contributed by atoms with van der Waals surface area (Å²) in [5, 5.41) is 2.78. The lowest BCUT2D eigenvalue weighted by atomic mass is 10.2. The Hall–Kier alpha value is -2.02. The van der Waals surface area contributed by atoms with Gasteiger partial charge in [0.1, 0.15) is 5.69 Å². The van der Waals surface area contributed by atoms with Crippen molar-refractivity contribution in [2.75, 3.05) is 45.0 Å². The van der Waals surface area contributed by atoms with Crippen molar-refractivity contribution in [1.29, 1.82) is 0 Å². The highest BCUT2D eigenvalue weighted by Crippen LogP contribution is 2.13. The molecule has 2 heterocycles. The van der Waals surface area contributed by atoms with Gasteiger partial charge in [0, 0.05) is 46.0 Å². The average molecular weight is 293 g/mol. The second-order valence-electron chi connectivity index (χ2n) is 5.29. The number of hydrogen-bond acceptors (Lipinski definition) is 4. The van der Waals surface area contributed by atoms with Crippen molar-refractivity contribution in [3.05, 3.63) is 18.0 Å². The molecule has 2 amide bonds. The molecule has 0 bridgehead atoms. The topological polar surface area (TPSA) is 83.6 Å². The number of nitrogen functional groups attached to an aromatic ring is 1. The number of nitrogens with one attached hydrogen (secondary N) is 1. The van der Waals surface area contributed by atoms with Crippen molar-refractivity contribution in [3.8, 4) is 0 Å². The van der Waals surface area contributed by atoms with E-state index in [4.69, 9.17) is 5.73 Å². The third kappa shape index (κ3) is 3.75. The Morgan fingerprint density at radius 2 is 1.95 bits per heavy atom. The van der Waals surface area contributed by atoms with E-state index in [1.165, 1.54) is 0 Å². The SMILES string of the molecule is CCNC(=O)CN1CCN(C(=O)c2cc(N)cn2C)CC1. The molecule has 0 spiro atoms. The Labute approximate surface area is 124 Å². The number of likely N-dealkylation sites (N-methyl/N-ethyl adjacent to an activating group) is 1. The monoisotopic (exact) mass is 293 g/mol. The number of amides is 2. The van der Waals surface area contributed by atoms with Gasteiger partial charge in [-0.2, -0.15) is 0 Å². The summed E-state index contributed by atoms with van der Waals surface area (Å²) in [6.45, 7) is 5.62. The van der Waals surface area contributed by atoms with Gasteiger partial charge in [0.15, 0.2) is 0 Å². The smallest absolute Gasteiger partial charge is 0.270 e. The lowest BCUT2D eigenvalue weighted by Crippen LogP contribution is -2.51. The van der Waals surface area contributed by atoms with E-state index < -0.39 is 0 Å². The molecule has 0 aliphatic carbocycles. The standard InChI is InChI=1S/C14H23N5O2/c1-3-16-13(20)10-18-4-6-19(7-5-18)14(21)12-8-11(15)9-17(12)2/h8-9H,3-7,10,15H2,1-2H3,(H,16,20). The molecule has 1 aliphatic heterocycles. The van der Waals surface area contributed by atoms with E-state index in [2.05, 4.69) is 10.2 Å². The second kappa shape index (κ2) is 6.62. The van der Waals surface area contributed by atoms with Crippen molar-refractivity contribution in [2.45, 2.75) is 6.92 Å². The van der Waals surface area contributed by atoms with Gasteiger partial charge in [0.05, 0.1) is 12.2 Å². The zero-order valence-corrected chi connectivity index (χ0v) is 12.6. The summed E-state index contributed by atoms with van der Waals surface area (Å²) >= 11 is 0. The maximum Gasteiger partial charge on any atom is 0.270 e.